The number of hydrogen-bond donors (Lipinski definition) is 1. The van der Waals surface area contributed by atoms with Crippen LogP contribution in [-0.4, -0.2) is 23.0 Å². The molecule has 0 saturated heterocycles. The number of carboxylic acids is 1. The van der Waals surface area contributed by atoms with Crippen molar-refractivity contribution in [3.05, 3.63) is 11.6 Å². The summed E-state index contributed by atoms with van der Waals surface area (Å²) in [6.45, 7) is 15.7. The number of fused-ring (bicyclic) bond motifs is 7. The van der Waals surface area contributed by atoms with Gasteiger partial charge in [0.15, 0.2) is 5.78 Å². The number of aliphatic hydroxyl groups excluding tert-OH is 1. The van der Waals surface area contributed by atoms with E-state index in [1.54, 1.807) is 0 Å². The molecule has 0 aliphatic heterocycles. The number of rotatable bonds is 1. The van der Waals surface area contributed by atoms with Crippen LogP contribution in [0.15, 0.2) is 11.6 Å². The largest absolute Gasteiger partial charge is 1.00 e. The number of ketones is 1. The third kappa shape index (κ3) is 3.60. The zero-order valence-electron chi connectivity index (χ0n) is 23.4. The van der Waals surface area contributed by atoms with E-state index in [4.69, 9.17) is 0 Å². The fourth-order valence-electron chi connectivity index (χ4n) is 10.4. The number of carbonyl (C=O) groups excluding carboxylic acids is 2. The van der Waals surface area contributed by atoms with E-state index in [0.717, 1.165) is 44.9 Å². The van der Waals surface area contributed by atoms with E-state index in [2.05, 4.69) is 41.5 Å². The average Bonchev–Trinajstić information content (AvgIpc) is 2.73. The molecule has 0 aromatic rings. The van der Waals surface area contributed by atoms with E-state index in [9.17, 15) is 19.8 Å². The Bertz CT molecular complexity index is 971. The summed E-state index contributed by atoms with van der Waals surface area (Å²) in [6.07, 6.45) is 9.69. The third-order valence-electron chi connectivity index (χ3n) is 13.0. The van der Waals surface area contributed by atoms with Crippen LogP contribution in [0.5, 0.6) is 0 Å². The number of carboxylic acid groups (broad SMARTS) is 1. The van der Waals surface area contributed by atoms with Gasteiger partial charge in [-0.15, -0.1) is 0 Å². The molecule has 4 nitrogen and oxygen atoms in total. The number of carbonyl (C=O) groups is 2. The summed E-state index contributed by atoms with van der Waals surface area (Å²) in [5, 5.41) is 23.0. The van der Waals surface area contributed by atoms with Gasteiger partial charge in [-0.3, -0.25) is 4.79 Å². The van der Waals surface area contributed by atoms with Crippen LogP contribution in [0.3, 0.4) is 0 Å². The normalized spacial score (nSPS) is 52.6. The predicted molar refractivity (Wildman–Crippen MR) is 130 cm³/mol. The van der Waals surface area contributed by atoms with E-state index in [1.807, 2.05) is 13.0 Å². The monoisotopic (exact) mass is 508 g/mol. The molecule has 4 fully saturated rings. The molecule has 5 aliphatic rings. The molecule has 0 amide bonds. The number of allylic oxidation sites excluding steroid dienone is 2. The van der Waals surface area contributed by atoms with Crippen molar-refractivity contribution < 1.29 is 71.2 Å². The number of aliphatic carboxylic acids is 1. The van der Waals surface area contributed by atoms with Crippen LogP contribution in [0, 0.1) is 50.2 Å². The van der Waals surface area contributed by atoms with Crippen LogP contribution in [0.4, 0.5) is 0 Å². The summed E-state index contributed by atoms with van der Waals surface area (Å²) in [4.78, 5) is 26.3. The van der Waals surface area contributed by atoms with Crippen molar-refractivity contribution in [1.29, 1.82) is 0 Å². The smallest absolute Gasteiger partial charge is 0.550 e. The maximum atomic E-state index is 14.2. The van der Waals surface area contributed by atoms with Gasteiger partial charge in [-0.05, 0) is 103 Å². The molecule has 0 heterocycles. The van der Waals surface area contributed by atoms with Crippen LogP contribution >= 0.6 is 0 Å². The molecular weight excluding hydrogens is 463 g/mol. The minimum atomic E-state index is -0.940. The summed E-state index contributed by atoms with van der Waals surface area (Å²) in [6, 6.07) is 0. The molecule has 190 valence electrons. The molecule has 0 aromatic heterocycles. The minimum absolute atomic E-state index is 0. The molecule has 0 spiro atoms. The first-order chi connectivity index (χ1) is 15.6. The van der Waals surface area contributed by atoms with E-state index in [-0.39, 0.29) is 102 Å². The van der Waals surface area contributed by atoms with E-state index in [1.165, 1.54) is 5.57 Å². The van der Waals surface area contributed by atoms with Gasteiger partial charge in [-0.25, -0.2) is 0 Å². The molecule has 0 radical (unpaired) electrons. The fraction of sp³-hybridized carbons (Fsp3) is 0.867. The molecule has 0 aromatic carbocycles. The molecule has 4 saturated carbocycles. The van der Waals surface area contributed by atoms with Gasteiger partial charge in [0.25, 0.3) is 0 Å². The Kier molecular flexibility index (Phi) is 6.91. The third-order valence-corrected chi connectivity index (χ3v) is 13.0. The molecule has 0 bridgehead atoms. The van der Waals surface area contributed by atoms with Crippen LogP contribution in [0.2, 0.25) is 0 Å². The summed E-state index contributed by atoms with van der Waals surface area (Å²) in [5.41, 5.74) is -0.0781. The second kappa shape index (κ2) is 8.49. The zero-order valence-corrected chi connectivity index (χ0v) is 26.5. The van der Waals surface area contributed by atoms with Crippen molar-refractivity contribution in [2.45, 2.75) is 112 Å². The summed E-state index contributed by atoms with van der Waals surface area (Å²) in [5.74, 6) is -0.266. The van der Waals surface area contributed by atoms with E-state index >= 15 is 0 Å². The van der Waals surface area contributed by atoms with Gasteiger partial charge in [-0.1, -0.05) is 54.0 Å². The van der Waals surface area contributed by atoms with Crippen molar-refractivity contribution in [2.24, 2.45) is 50.2 Å². The van der Waals surface area contributed by atoms with Crippen LogP contribution < -0.4 is 56.5 Å². The molecule has 9 atom stereocenters. The quantitative estimate of drug-likeness (QED) is 0.550. The van der Waals surface area contributed by atoms with Gasteiger partial charge in [0, 0.05) is 17.3 Å². The molecule has 2 unspecified atom stereocenters. The van der Waals surface area contributed by atoms with Gasteiger partial charge < -0.3 is 15.0 Å². The Hall–Kier alpha value is 0.476. The first-order valence-electron chi connectivity index (χ1n) is 13.7. The Morgan fingerprint density at radius 3 is 2.20 bits per heavy atom. The summed E-state index contributed by atoms with van der Waals surface area (Å²) in [7, 11) is 0. The second-order valence-corrected chi connectivity index (χ2v) is 14.9. The molecule has 35 heavy (non-hydrogen) atoms. The van der Waals surface area contributed by atoms with Crippen molar-refractivity contribution in [2.75, 3.05) is 0 Å². The fourth-order valence-corrected chi connectivity index (χ4v) is 10.4. The molecular formula is C30H45KO4. The van der Waals surface area contributed by atoms with Crippen molar-refractivity contribution >= 4 is 11.8 Å². The van der Waals surface area contributed by atoms with Gasteiger partial charge in [0.05, 0.1) is 6.10 Å². The maximum Gasteiger partial charge on any atom is 1.00 e. The average molecular weight is 509 g/mol. The Labute approximate surface area is 254 Å². The number of hydrogen-bond acceptors (Lipinski definition) is 4. The number of aliphatic hydroxyl groups is 1. The van der Waals surface area contributed by atoms with Crippen molar-refractivity contribution in [3.8, 4) is 0 Å². The van der Waals surface area contributed by atoms with Crippen LogP contribution in [-0.2, 0) is 9.59 Å². The molecule has 1 N–H and O–H groups in total. The molecule has 5 heteroatoms. The van der Waals surface area contributed by atoms with E-state index < -0.39 is 11.4 Å². The van der Waals surface area contributed by atoms with Gasteiger partial charge in [0.2, 0.25) is 0 Å². The zero-order chi connectivity index (χ0) is 25.1. The minimum Gasteiger partial charge on any atom is -0.550 e. The predicted octanol–water partition coefficient (Wildman–Crippen LogP) is 2.08. The molecule has 5 aliphatic carbocycles. The van der Waals surface area contributed by atoms with Crippen molar-refractivity contribution in [3.63, 3.8) is 0 Å². The summed E-state index contributed by atoms with van der Waals surface area (Å²) >= 11 is 0. The second-order valence-electron chi connectivity index (χ2n) is 14.9. The Morgan fingerprint density at radius 2 is 1.57 bits per heavy atom. The Morgan fingerprint density at radius 1 is 0.943 bits per heavy atom. The summed E-state index contributed by atoms with van der Waals surface area (Å²) < 4.78 is 0. The SMILES string of the molecule is CC1(C)C2CC[C@]3(C)C(C(=O)C=C4[C@H]5C[C@@](C)(C(=O)[O-])CC[C@]5(C)CC[C@]43C)[C@@]2(C)CC[C@@H]1O.[K+]. The topological polar surface area (TPSA) is 77.4 Å². The Balaban J connectivity index is 0.00000289. The molecule has 5 rings (SSSR count). The van der Waals surface area contributed by atoms with Gasteiger partial charge in [-0.2, -0.15) is 0 Å². The van der Waals surface area contributed by atoms with Crippen molar-refractivity contribution in [1.82, 2.24) is 0 Å². The van der Waals surface area contributed by atoms with Crippen LogP contribution in [0.25, 0.3) is 0 Å². The van der Waals surface area contributed by atoms with Gasteiger partial charge >= 0.3 is 51.4 Å². The van der Waals surface area contributed by atoms with E-state index in [0.29, 0.717) is 18.8 Å². The van der Waals surface area contributed by atoms with Gasteiger partial charge in [0.1, 0.15) is 0 Å². The first kappa shape index (κ1) is 28.5. The first-order valence-corrected chi connectivity index (χ1v) is 13.7. The van der Waals surface area contributed by atoms with Crippen LogP contribution in [0.1, 0.15) is 106 Å². The maximum absolute atomic E-state index is 14.2. The standard InChI is InChI=1S/C30H46O4.K/c1-25(2)21-8-11-30(7)23(28(21,5)10-9-22(25)32)20(31)16-18-19-17-27(4,24(33)34)13-12-26(19,3)14-15-29(18,30)6;/h16,19,21-23,32H,8-15,17H2,1-7H3,(H,33,34);/q;+1/p-1/t19-,21?,22+,23?,26-,27+,28+,29-,30-;/m1./s1.